The summed E-state index contributed by atoms with van der Waals surface area (Å²) in [6, 6.07) is 6.43. The lowest BCUT2D eigenvalue weighted by molar-refractivity contribution is -0.163. The predicted molar refractivity (Wildman–Crippen MR) is 81.3 cm³/mol. The highest BCUT2D eigenvalue weighted by molar-refractivity contribution is 7.86. The topological polar surface area (TPSA) is 78.9 Å². The molecule has 2 fully saturated rings. The van der Waals surface area contributed by atoms with Gasteiger partial charge >= 0.3 is 0 Å². The number of hydrogen-bond donors (Lipinski definition) is 0. The van der Waals surface area contributed by atoms with Crippen molar-refractivity contribution in [1.82, 2.24) is 0 Å². The number of aryl methyl sites for hydroxylation is 1. The first-order chi connectivity index (χ1) is 10.7. The molecular formula is C16H20O6S. The van der Waals surface area contributed by atoms with Gasteiger partial charge in [0.25, 0.3) is 10.1 Å². The second-order valence-electron chi connectivity index (χ2n) is 6.50. The summed E-state index contributed by atoms with van der Waals surface area (Å²) < 4.78 is 40.9. The third kappa shape index (κ3) is 3.33. The zero-order valence-electron chi connectivity index (χ0n) is 13.3. The van der Waals surface area contributed by atoms with E-state index in [1.807, 2.05) is 6.92 Å². The van der Waals surface area contributed by atoms with E-state index in [1.165, 1.54) is 12.1 Å². The number of hydrogen-bond acceptors (Lipinski definition) is 6. The number of ether oxygens (including phenoxy) is 2. The Morgan fingerprint density at radius 3 is 2.52 bits per heavy atom. The molecular weight excluding hydrogens is 320 g/mol. The van der Waals surface area contributed by atoms with Crippen molar-refractivity contribution in [3.63, 3.8) is 0 Å². The van der Waals surface area contributed by atoms with Crippen molar-refractivity contribution in [2.75, 3.05) is 6.61 Å². The van der Waals surface area contributed by atoms with Crippen LogP contribution in [0.5, 0.6) is 0 Å². The van der Waals surface area contributed by atoms with Gasteiger partial charge in [-0.05, 0) is 32.9 Å². The Labute approximate surface area is 135 Å². The van der Waals surface area contributed by atoms with Gasteiger partial charge < -0.3 is 9.47 Å². The van der Waals surface area contributed by atoms with E-state index in [9.17, 15) is 13.2 Å². The van der Waals surface area contributed by atoms with Gasteiger partial charge in [-0.3, -0.25) is 8.98 Å². The first kappa shape index (κ1) is 16.6. The molecule has 3 rings (SSSR count). The summed E-state index contributed by atoms with van der Waals surface area (Å²) in [6.45, 7) is 5.25. The van der Waals surface area contributed by atoms with Gasteiger partial charge in [0.2, 0.25) is 0 Å². The summed E-state index contributed by atoms with van der Waals surface area (Å²) in [5.74, 6) is -1.23. The van der Waals surface area contributed by atoms with Crippen LogP contribution in [0, 0.1) is 12.8 Å². The molecule has 2 aliphatic rings. The molecule has 0 aromatic heterocycles. The second kappa shape index (κ2) is 5.66. The molecule has 1 aliphatic heterocycles. The Balaban J connectivity index is 1.68. The summed E-state index contributed by atoms with van der Waals surface area (Å²) in [5.41, 5.74) is 0.965. The van der Waals surface area contributed by atoms with E-state index in [0.29, 0.717) is 0 Å². The van der Waals surface area contributed by atoms with Crippen molar-refractivity contribution in [2.45, 2.75) is 50.1 Å². The van der Waals surface area contributed by atoms with Gasteiger partial charge in [0.1, 0.15) is 6.10 Å². The molecule has 1 saturated carbocycles. The minimum Gasteiger partial charge on any atom is -0.344 e. The Kier molecular flexibility index (Phi) is 4.08. The maximum Gasteiger partial charge on any atom is 0.296 e. The van der Waals surface area contributed by atoms with Gasteiger partial charge in [-0.15, -0.1) is 0 Å². The quantitative estimate of drug-likeness (QED) is 0.778. The minimum atomic E-state index is -3.85. The normalized spacial score (nSPS) is 29.7. The average Bonchev–Trinajstić information content (AvgIpc) is 2.92. The highest BCUT2D eigenvalue weighted by Crippen LogP contribution is 2.40. The zero-order chi connectivity index (χ0) is 16.8. The molecule has 0 spiro atoms. The van der Waals surface area contributed by atoms with Gasteiger partial charge in [-0.2, -0.15) is 8.42 Å². The molecule has 1 saturated heterocycles. The molecule has 7 heteroatoms. The van der Waals surface area contributed by atoms with Crippen molar-refractivity contribution >= 4 is 15.9 Å². The molecule has 1 heterocycles. The van der Waals surface area contributed by atoms with Crippen LogP contribution in [0.3, 0.4) is 0 Å². The molecule has 0 radical (unpaired) electrons. The van der Waals surface area contributed by atoms with Gasteiger partial charge in [0, 0.05) is 12.3 Å². The van der Waals surface area contributed by atoms with Crippen molar-refractivity contribution < 1.29 is 26.9 Å². The third-order valence-electron chi connectivity index (χ3n) is 4.12. The van der Waals surface area contributed by atoms with Gasteiger partial charge in [-0.1, -0.05) is 17.7 Å². The van der Waals surface area contributed by atoms with Gasteiger partial charge in [0.15, 0.2) is 11.6 Å². The summed E-state index contributed by atoms with van der Waals surface area (Å²) in [6.07, 6.45) is -0.874. The number of Topliss-reactive ketones (excluding diaryl/α,β-unsaturated/α-hetero) is 1. The maximum atomic E-state index is 12.2. The van der Waals surface area contributed by atoms with E-state index >= 15 is 0 Å². The van der Waals surface area contributed by atoms with E-state index < -0.39 is 28.1 Å². The first-order valence-electron chi connectivity index (χ1n) is 7.52. The Bertz CT molecular complexity index is 707. The van der Waals surface area contributed by atoms with Crippen LogP contribution in [0.4, 0.5) is 0 Å². The minimum absolute atomic E-state index is 0.0677. The summed E-state index contributed by atoms with van der Waals surface area (Å²) >= 11 is 0. The fourth-order valence-electron chi connectivity index (χ4n) is 2.98. The van der Waals surface area contributed by atoms with E-state index in [2.05, 4.69) is 0 Å². The highest BCUT2D eigenvalue weighted by atomic mass is 32.2. The highest BCUT2D eigenvalue weighted by Gasteiger charge is 2.53. The van der Waals surface area contributed by atoms with Gasteiger partial charge in [0.05, 0.1) is 17.6 Å². The second-order valence-corrected chi connectivity index (χ2v) is 8.12. The molecule has 1 aromatic carbocycles. The molecule has 3 atom stereocenters. The lowest BCUT2D eigenvalue weighted by Crippen LogP contribution is -2.28. The Morgan fingerprint density at radius 1 is 1.22 bits per heavy atom. The number of carbonyl (C=O) groups excluding carboxylic acids is 1. The first-order valence-corrected chi connectivity index (χ1v) is 8.93. The molecule has 1 aliphatic carbocycles. The van der Waals surface area contributed by atoms with Crippen LogP contribution in [0.2, 0.25) is 0 Å². The van der Waals surface area contributed by atoms with Gasteiger partial charge in [-0.25, -0.2) is 0 Å². The number of rotatable bonds is 4. The average molecular weight is 340 g/mol. The molecule has 1 aromatic rings. The third-order valence-corrected chi connectivity index (χ3v) is 5.42. The van der Waals surface area contributed by atoms with E-state index in [1.54, 1.807) is 26.0 Å². The molecule has 23 heavy (non-hydrogen) atoms. The van der Waals surface area contributed by atoms with E-state index in [0.717, 1.165) is 5.56 Å². The van der Waals surface area contributed by atoms with Crippen LogP contribution >= 0.6 is 0 Å². The summed E-state index contributed by atoms with van der Waals surface area (Å²) in [7, 11) is -3.85. The van der Waals surface area contributed by atoms with Crippen molar-refractivity contribution in [3.8, 4) is 0 Å². The molecule has 126 valence electrons. The molecule has 0 unspecified atom stereocenters. The van der Waals surface area contributed by atoms with E-state index in [4.69, 9.17) is 13.7 Å². The number of fused-ring (bicyclic) bond motifs is 1. The molecule has 0 bridgehead atoms. The number of ketones is 1. The van der Waals surface area contributed by atoms with Crippen LogP contribution < -0.4 is 0 Å². The van der Waals surface area contributed by atoms with Crippen molar-refractivity contribution in [3.05, 3.63) is 29.8 Å². The molecule has 0 N–H and O–H groups in total. The van der Waals surface area contributed by atoms with Crippen LogP contribution in [0.1, 0.15) is 25.8 Å². The van der Waals surface area contributed by atoms with Crippen LogP contribution in [-0.4, -0.2) is 38.8 Å². The number of benzene rings is 1. The van der Waals surface area contributed by atoms with Crippen molar-refractivity contribution in [2.24, 2.45) is 5.92 Å². The Morgan fingerprint density at radius 2 is 1.87 bits per heavy atom. The largest absolute Gasteiger partial charge is 0.344 e. The SMILES string of the molecule is Cc1ccc(S(=O)(=O)OC[C@@H]2CC(=O)[C@H]3OC(C)(C)O[C@@H]23)cc1. The maximum absolute atomic E-state index is 12.2. The van der Waals surface area contributed by atoms with Crippen LogP contribution in [0.15, 0.2) is 29.2 Å². The summed E-state index contributed by atoms with van der Waals surface area (Å²) in [4.78, 5) is 12.1. The zero-order valence-corrected chi connectivity index (χ0v) is 14.1. The monoisotopic (exact) mass is 340 g/mol. The van der Waals surface area contributed by atoms with Crippen molar-refractivity contribution in [1.29, 1.82) is 0 Å². The Hall–Kier alpha value is -1.28. The smallest absolute Gasteiger partial charge is 0.296 e. The summed E-state index contributed by atoms with van der Waals surface area (Å²) in [5, 5.41) is 0. The standard InChI is InChI=1S/C16H20O6S/c1-10-4-6-12(7-5-10)23(18,19)20-9-11-8-13(17)15-14(11)21-16(2,3)22-15/h4-7,11,14-15H,8-9H2,1-3H3/t11-,14-,15+/m0/s1. The molecule has 0 amide bonds. The van der Waals surface area contributed by atoms with E-state index in [-0.39, 0.29) is 29.6 Å². The lowest BCUT2D eigenvalue weighted by atomic mass is 10.1. The predicted octanol–water partition coefficient (Wildman–Crippen LogP) is 1.81. The fraction of sp³-hybridized carbons (Fsp3) is 0.562. The fourth-order valence-corrected chi connectivity index (χ4v) is 3.94. The molecule has 6 nitrogen and oxygen atoms in total. The van der Waals surface area contributed by atoms with Crippen LogP contribution in [-0.2, 0) is 28.6 Å². The lowest BCUT2D eigenvalue weighted by Gasteiger charge is -2.21. The van der Waals surface area contributed by atoms with Crippen LogP contribution in [0.25, 0.3) is 0 Å². The number of carbonyl (C=O) groups is 1.